The molecule has 5 aromatic rings. The van der Waals surface area contributed by atoms with Gasteiger partial charge in [-0.05, 0) is 65.9 Å². The van der Waals surface area contributed by atoms with E-state index in [9.17, 15) is 9.59 Å². The molecular formula is C46H52N4O7. The molecule has 3 atom stereocenters. The van der Waals surface area contributed by atoms with Gasteiger partial charge < -0.3 is 38.4 Å². The Kier molecular flexibility index (Phi) is 13.2. The van der Waals surface area contributed by atoms with Gasteiger partial charge in [-0.3, -0.25) is 9.78 Å². The summed E-state index contributed by atoms with van der Waals surface area (Å²) >= 11 is 0. The number of rotatable bonds is 15. The molecule has 0 radical (unpaired) electrons. The summed E-state index contributed by atoms with van der Waals surface area (Å²) in [6.45, 7) is 4.04. The number of methoxy groups -OCH3 is 2. The van der Waals surface area contributed by atoms with Gasteiger partial charge >= 0.3 is 6.09 Å². The number of ether oxygens (including phenoxy) is 5. The molecule has 1 fully saturated rings. The molecule has 0 unspecified atom stereocenters. The Morgan fingerprint density at radius 2 is 1.70 bits per heavy atom. The summed E-state index contributed by atoms with van der Waals surface area (Å²) in [4.78, 5) is 38.6. The molecular weight excluding hydrogens is 721 g/mol. The minimum Gasteiger partial charge on any atom is -0.497 e. The van der Waals surface area contributed by atoms with Gasteiger partial charge in [-0.25, -0.2) is 4.79 Å². The number of hydrogen-bond acceptors (Lipinski definition) is 9. The van der Waals surface area contributed by atoms with Crippen molar-refractivity contribution in [3.05, 3.63) is 132 Å². The Labute approximate surface area is 335 Å². The minimum atomic E-state index is -0.477. The van der Waals surface area contributed by atoms with E-state index in [2.05, 4.69) is 11.0 Å². The lowest BCUT2D eigenvalue weighted by Crippen LogP contribution is -2.53. The zero-order valence-corrected chi connectivity index (χ0v) is 33.0. The van der Waals surface area contributed by atoms with Crippen molar-refractivity contribution < 1.29 is 33.3 Å². The highest BCUT2D eigenvalue weighted by Crippen LogP contribution is 2.38. The summed E-state index contributed by atoms with van der Waals surface area (Å²) in [6, 6.07) is 35.3. The maximum Gasteiger partial charge on any atom is 0.410 e. The van der Waals surface area contributed by atoms with E-state index in [0.717, 1.165) is 70.0 Å². The van der Waals surface area contributed by atoms with Gasteiger partial charge in [0.05, 0.1) is 56.4 Å². The SMILES string of the molecule is COCCCN1CCOc2ccc(CO[C@H]3CN(C(=O)OCc4ccccc4)[C@H](CC(=O)N(C)Cc4ccc5ccccc5n4)C[C@@H]3c3ccc(OC)cc3)cc21. The van der Waals surface area contributed by atoms with Gasteiger partial charge in [0.2, 0.25) is 5.91 Å². The van der Waals surface area contributed by atoms with Crippen LogP contribution in [-0.2, 0) is 38.8 Å². The van der Waals surface area contributed by atoms with Gasteiger partial charge in [0.25, 0.3) is 0 Å². The van der Waals surface area contributed by atoms with Gasteiger partial charge in [-0.2, -0.15) is 0 Å². The molecule has 0 aliphatic carbocycles. The highest BCUT2D eigenvalue weighted by Gasteiger charge is 2.41. The van der Waals surface area contributed by atoms with E-state index in [1.54, 1.807) is 31.1 Å². The molecule has 0 saturated carbocycles. The third-order valence-electron chi connectivity index (χ3n) is 10.9. The first-order valence-corrected chi connectivity index (χ1v) is 19.7. The van der Waals surface area contributed by atoms with Crippen LogP contribution >= 0.6 is 0 Å². The molecule has 2 aliphatic heterocycles. The molecule has 11 heteroatoms. The molecule has 1 aromatic heterocycles. The molecule has 298 valence electrons. The number of likely N-dealkylation sites (tertiary alicyclic amines) is 1. The number of aromatic nitrogens is 1. The van der Waals surface area contributed by atoms with E-state index < -0.39 is 18.2 Å². The number of hydrogen-bond donors (Lipinski definition) is 0. The number of carbonyl (C=O) groups is 2. The van der Waals surface area contributed by atoms with E-state index in [4.69, 9.17) is 28.7 Å². The van der Waals surface area contributed by atoms with Gasteiger partial charge in [0.1, 0.15) is 24.7 Å². The van der Waals surface area contributed by atoms with E-state index in [1.165, 1.54) is 0 Å². The molecule has 4 aromatic carbocycles. The fourth-order valence-corrected chi connectivity index (χ4v) is 7.76. The van der Waals surface area contributed by atoms with E-state index in [0.29, 0.717) is 32.8 Å². The number of anilines is 1. The van der Waals surface area contributed by atoms with Crippen molar-refractivity contribution in [3.63, 3.8) is 0 Å². The number of amides is 2. The molecule has 2 amide bonds. The highest BCUT2D eigenvalue weighted by molar-refractivity contribution is 5.79. The van der Waals surface area contributed by atoms with Crippen molar-refractivity contribution in [3.8, 4) is 11.5 Å². The van der Waals surface area contributed by atoms with Crippen molar-refractivity contribution >= 4 is 28.6 Å². The lowest BCUT2D eigenvalue weighted by molar-refractivity contribution is -0.132. The minimum absolute atomic E-state index is 0.0880. The van der Waals surface area contributed by atoms with Gasteiger partial charge in [-0.1, -0.05) is 72.8 Å². The van der Waals surface area contributed by atoms with Crippen LogP contribution < -0.4 is 14.4 Å². The van der Waals surface area contributed by atoms with Gasteiger partial charge in [-0.15, -0.1) is 0 Å². The first-order valence-electron chi connectivity index (χ1n) is 19.7. The second-order valence-electron chi connectivity index (χ2n) is 14.7. The molecule has 1 saturated heterocycles. The number of benzene rings is 4. The summed E-state index contributed by atoms with van der Waals surface area (Å²) < 4.78 is 29.5. The van der Waals surface area contributed by atoms with E-state index in [1.807, 2.05) is 103 Å². The Hall–Kier alpha value is -5.65. The smallest absolute Gasteiger partial charge is 0.410 e. The Balaban J connectivity index is 1.13. The molecule has 2 aliphatic rings. The topological polar surface area (TPSA) is 103 Å². The van der Waals surface area contributed by atoms with Crippen molar-refractivity contribution in [1.29, 1.82) is 0 Å². The first-order chi connectivity index (χ1) is 27.9. The predicted octanol–water partition coefficient (Wildman–Crippen LogP) is 7.61. The Morgan fingerprint density at radius 3 is 2.51 bits per heavy atom. The predicted molar refractivity (Wildman–Crippen MR) is 220 cm³/mol. The van der Waals surface area contributed by atoms with Crippen LogP contribution in [0.1, 0.15) is 47.6 Å². The van der Waals surface area contributed by atoms with Gasteiger partial charge in [0.15, 0.2) is 0 Å². The van der Waals surface area contributed by atoms with Crippen LogP contribution in [0.3, 0.4) is 0 Å². The van der Waals surface area contributed by atoms with Crippen LogP contribution in [0.4, 0.5) is 10.5 Å². The molecule has 3 heterocycles. The van der Waals surface area contributed by atoms with E-state index in [-0.39, 0.29) is 31.4 Å². The Morgan fingerprint density at radius 1 is 0.895 bits per heavy atom. The first kappa shape index (κ1) is 39.6. The lowest BCUT2D eigenvalue weighted by atomic mass is 9.82. The average molecular weight is 773 g/mol. The van der Waals surface area contributed by atoms with Crippen LogP contribution in [-0.4, -0.2) is 93.0 Å². The summed E-state index contributed by atoms with van der Waals surface area (Å²) in [7, 11) is 5.16. The standard InChI is InChI=1S/C46H52N4O7/c1-48(29-37-18-15-36-12-7-8-13-41(36)47-37)45(51)28-38-27-40(35-16-19-39(54-3)20-17-35)44(30-50(38)46(52)57-31-33-10-5-4-6-11-33)56-32-34-14-21-43-42(26-34)49(23-25-55-43)22-9-24-53-2/h4-8,10-21,26,38,40,44H,9,22-25,27-32H2,1-3H3/t38-,40+,44-/m0/s1. The van der Waals surface area contributed by atoms with Crippen LogP contribution in [0, 0.1) is 0 Å². The summed E-state index contributed by atoms with van der Waals surface area (Å²) in [5.41, 5.74) is 5.66. The molecule has 0 bridgehead atoms. The number of nitrogens with zero attached hydrogens (tertiary/aromatic N) is 4. The zero-order chi connectivity index (χ0) is 39.6. The quantitative estimate of drug-likeness (QED) is 0.0996. The zero-order valence-electron chi connectivity index (χ0n) is 33.0. The number of piperidine rings is 1. The monoisotopic (exact) mass is 772 g/mol. The fraction of sp³-hybridized carbons (Fsp3) is 0.370. The summed E-state index contributed by atoms with van der Waals surface area (Å²) in [5.74, 6) is 1.40. The van der Waals surface area contributed by atoms with Crippen LogP contribution in [0.15, 0.2) is 109 Å². The lowest BCUT2D eigenvalue weighted by Gasteiger charge is -2.43. The van der Waals surface area contributed by atoms with Crippen molar-refractivity contribution in [2.45, 2.75) is 57.1 Å². The Bertz CT molecular complexity index is 2100. The van der Waals surface area contributed by atoms with Crippen LogP contribution in [0.2, 0.25) is 0 Å². The van der Waals surface area contributed by atoms with Crippen molar-refractivity contribution in [1.82, 2.24) is 14.8 Å². The van der Waals surface area contributed by atoms with Gasteiger partial charge in [0, 0.05) is 51.1 Å². The third-order valence-corrected chi connectivity index (χ3v) is 10.9. The molecule has 0 spiro atoms. The maximum atomic E-state index is 14.1. The van der Waals surface area contributed by atoms with Crippen LogP contribution in [0.5, 0.6) is 11.5 Å². The number of fused-ring (bicyclic) bond motifs is 2. The molecule has 7 rings (SSSR count). The molecule has 11 nitrogen and oxygen atoms in total. The third kappa shape index (κ3) is 10.0. The summed E-state index contributed by atoms with van der Waals surface area (Å²) in [5, 5.41) is 1.05. The van der Waals surface area contributed by atoms with Crippen molar-refractivity contribution in [2.24, 2.45) is 0 Å². The maximum absolute atomic E-state index is 14.1. The largest absolute Gasteiger partial charge is 0.497 e. The second-order valence-corrected chi connectivity index (χ2v) is 14.7. The number of pyridine rings is 1. The highest BCUT2D eigenvalue weighted by atomic mass is 16.6. The summed E-state index contributed by atoms with van der Waals surface area (Å²) in [6.07, 6.45) is 0.663. The molecule has 57 heavy (non-hydrogen) atoms. The van der Waals surface area contributed by atoms with Crippen LogP contribution in [0.25, 0.3) is 10.9 Å². The van der Waals surface area contributed by atoms with Crippen molar-refractivity contribution in [2.75, 3.05) is 59.0 Å². The average Bonchev–Trinajstić information content (AvgIpc) is 3.25. The second kappa shape index (κ2) is 19.0. The fourth-order valence-electron chi connectivity index (χ4n) is 7.76. The normalized spacial score (nSPS) is 17.8. The number of carbonyl (C=O) groups excluding carboxylic acids is 2. The van der Waals surface area contributed by atoms with E-state index >= 15 is 0 Å². The number of para-hydroxylation sites is 1. The molecule has 0 N–H and O–H groups in total.